The molecule has 0 saturated heterocycles. The maximum atomic E-state index is 8.72. The Bertz CT molecular complexity index is 388. The van der Waals surface area contributed by atoms with Crippen molar-refractivity contribution in [1.29, 1.82) is 0 Å². The van der Waals surface area contributed by atoms with Gasteiger partial charge in [-0.3, -0.25) is 0 Å². The molecule has 18 heavy (non-hydrogen) atoms. The summed E-state index contributed by atoms with van der Waals surface area (Å²) in [4.78, 5) is 6.39. The second-order valence-corrected chi connectivity index (χ2v) is 4.89. The van der Waals surface area contributed by atoms with Gasteiger partial charge >= 0.3 is 0 Å². The molecule has 1 aromatic heterocycles. The molecule has 2 N–H and O–H groups in total. The average molecular weight is 292 g/mol. The van der Waals surface area contributed by atoms with Crippen LogP contribution < -0.4 is 10.2 Å². The molecule has 0 bridgehead atoms. The van der Waals surface area contributed by atoms with Gasteiger partial charge in [-0.25, -0.2) is 4.98 Å². The fraction of sp³-hybridized carbons (Fsp3) is 0.583. The number of aliphatic hydroxyl groups excluding tert-OH is 1. The van der Waals surface area contributed by atoms with Crippen molar-refractivity contribution in [2.45, 2.75) is 19.3 Å². The summed E-state index contributed by atoms with van der Waals surface area (Å²) in [5.41, 5.74) is 0. The summed E-state index contributed by atoms with van der Waals surface area (Å²) in [5.74, 6) is 1.34. The van der Waals surface area contributed by atoms with Gasteiger partial charge in [0.25, 0.3) is 0 Å². The van der Waals surface area contributed by atoms with Crippen molar-refractivity contribution in [3.63, 3.8) is 0 Å². The van der Waals surface area contributed by atoms with Crippen LogP contribution >= 0.6 is 23.2 Å². The van der Waals surface area contributed by atoms with E-state index in [1.54, 1.807) is 13.1 Å². The van der Waals surface area contributed by atoms with E-state index in [-0.39, 0.29) is 6.61 Å². The number of nitrogens with one attached hydrogen (secondary N) is 1. The Balaban J connectivity index is 2.69. The lowest BCUT2D eigenvalue weighted by Crippen LogP contribution is -2.20. The number of pyridine rings is 1. The number of unbranched alkanes of at least 4 members (excludes halogenated alkanes) is 2. The van der Waals surface area contributed by atoms with Crippen LogP contribution in [-0.2, 0) is 0 Å². The molecule has 6 heteroatoms. The van der Waals surface area contributed by atoms with Crippen LogP contribution in [0.1, 0.15) is 19.3 Å². The first-order valence-electron chi connectivity index (χ1n) is 5.96. The van der Waals surface area contributed by atoms with Gasteiger partial charge in [0.15, 0.2) is 0 Å². The minimum absolute atomic E-state index is 0.244. The molecule has 0 saturated carbocycles. The Morgan fingerprint density at radius 1 is 1.28 bits per heavy atom. The molecule has 0 fully saturated rings. The number of aromatic nitrogens is 1. The van der Waals surface area contributed by atoms with Gasteiger partial charge in [0.2, 0.25) is 0 Å². The molecule has 0 aliphatic heterocycles. The molecule has 0 aliphatic rings. The second-order valence-electron chi connectivity index (χ2n) is 4.08. The normalized spacial score (nSPS) is 10.5. The Morgan fingerprint density at radius 3 is 2.61 bits per heavy atom. The molecule has 0 unspecified atom stereocenters. The van der Waals surface area contributed by atoms with Crippen LogP contribution in [-0.4, -0.2) is 37.3 Å². The molecule has 0 radical (unpaired) electrons. The van der Waals surface area contributed by atoms with Gasteiger partial charge in [-0.15, -0.1) is 0 Å². The van der Waals surface area contributed by atoms with Crippen molar-refractivity contribution in [2.24, 2.45) is 0 Å². The first kappa shape index (κ1) is 15.3. The largest absolute Gasteiger partial charge is 0.396 e. The molecular formula is C12H19Cl2N3O. The predicted octanol–water partition coefficient (Wildman–Crippen LogP) is 3.03. The van der Waals surface area contributed by atoms with Crippen LogP contribution in [0.25, 0.3) is 0 Å². The summed E-state index contributed by atoms with van der Waals surface area (Å²) in [7, 11) is 3.72. The highest BCUT2D eigenvalue weighted by Crippen LogP contribution is 2.30. The zero-order valence-corrected chi connectivity index (χ0v) is 12.2. The lowest BCUT2D eigenvalue weighted by Gasteiger charge is -2.20. The fourth-order valence-corrected chi connectivity index (χ4v) is 2.24. The molecule has 4 nitrogen and oxygen atoms in total. The van der Waals surface area contributed by atoms with Gasteiger partial charge in [0, 0.05) is 27.2 Å². The van der Waals surface area contributed by atoms with Gasteiger partial charge in [-0.2, -0.15) is 0 Å². The molecule has 1 heterocycles. The van der Waals surface area contributed by atoms with Gasteiger partial charge in [0.1, 0.15) is 11.6 Å². The first-order chi connectivity index (χ1) is 8.60. The summed E-state index contributed by atoms with van der Waals surface area (Å²) in [5, 5.41) is 12.7. The smallest absolute Gasteiger partial charge is 0.149 e. The Morgan fingerprint density at radius 2 is 2.00 bits per heavy atom. The predicted molar refractivity (Wildman–Crippen MR) is 78.0 cm³/mol. The number of nitrogens with zero attached hydrogens (tertiary/aromatic N) is 2. The summed E-state index contributed by atoms with van der Waals surface area (Å²) >= 11 is 12.1. The standard InChI is InChI=1S/C12H19Cl2N3O/c1-15-11-9(13)8-10(14)12(16-11)17(2)6-4-3-5-7-18/h8,18H,3-7H2,1-2H3,(H,15,16). The fourth-order valence-electron chi connectivity index (χ4n) is 1.64. The Hall–Kier alpha value is -0.710. The van der Waals surface area contributed by atoms with Crippen molar-refractivity contribution < 1.29 is 5.11 Å². The van der Waals surface area contributed by atoms with E-state index in [2.05, 4.69) is 10.3 Å². The van der Waals surface area contributed by atoms with Crippen LogP contribution in [0.15, 0.2) is 6.07 Å². The average Bonchev–Trinajstić information content (AvgIpc) is 2.34. The van der Waals surface area contributed by atoms with Crippen molar-refractivity contribution in [2.75, 3.05) is 37.5 Å². The Kier molecular flexibility index (Phi) is 6.54. The van der Waals surface area contributed by atoms with E-state index < -0.39 is 0 Å². The van der Waals surface area contributed by atoms with E-state index in [0.29, 0.717) is 15.9 Å². The molecule has 0 atom stereocenters. The summed E-state index contributed by atoms with van der Waals surface area (Å²) in [6.45, 7) is 1.09. The van der Waals surface area contributed by atoms with Crippen LogP contribution in [0.4, 0.5) is 11.6 Å². The van der Waals surface area contributed by atoms with Crippen molar-refractivity contribution >= 4 is 34.8 Å². The number of rotatable bonds is 7. The maximum absolute atomic E-state index is 8.72. The Labute approximate surface area is 118 Å². The van der Waals surface area contributed by atoms with Crippen molar-refractivity contribution in [3.05, 3.63) is 16.1 Å². The van der Waals surface area contributed by atoms with Gasteiger partial charge in [0.05, 0.1) is 10.0 Å². The topological polar surface area (TPSA) is 48.4 Å². The highest BCUT2D eigenvalue weighted by Gasteiger charge is 2.11. The van der Waals surface area contributed by atoms with Crippen LogP contribution in [0.5, 0.6) is 0 Å². The molecule has 1 rings (SSSR count). The molecule has 1 aromatic rings. The number of anilines is 2. The molecule has 0 aromatic carbocycles. The molecule has 0 aliphatic carbocycles. The lowest BCUT2D eigenvalue weighted by atomic mass is 10.2. The summed E-state index contributed by atoms with van der Waals surface area (Å²) in [6, 6.07) is 1.70. The quantitative estimate of drug-likeness (QED) is 0.758. The SMILES string of the molecule is CNc1nc(N(C)CCCCCO)c(Cl)cc1Cl. The monoisotopic (exact) mass is 291 g/mol. The molecule has 0 spiro atoms. The second kappa shape index (κ2) is 7.67. The zero-order valence-electron chi connectivity index (χ0n) is 10.7. The number of hydrogen-bond acceptors (Lipinski definition) is 4. The van der Waals surface area contributed by atoms with E-state index in [0.717, 1.165) is 31.6 Å². The van der Waals surface area contributed by atoms with E-state index in [9.17, 15) is 0 Å². The number of halogens is 2. The molecular weight excluding hydrogens is 273 g/mol. The lowest BCUT2D eigenvalue weighted by molar-refractivity contribution is 0.283. The van der Waals surface area contributed by atoms with Gasteiger partial charge in [-0.05, 0) is 25.3 Å². The molecule has 102 valence electrons. The van der Waals surface area contributed by atoms with Crippen LogP contribution in [0, 0.1) is 0 Å². The third-order valence-corrected chi connectivity index (χ3v) is 3.23. The van der Waals surface area contributed by atoms with Crippen molar-refractivity contribution in [1.82, 2.24) is 4.98 Å². The van der Waals surface area contributed by atoms with Gasteiger partial charge < -0.3 is 15.3 Å². The zero-order chi connectivity index (χ0) is 13.5. The minimum atomic E-state index is 0.244. The maximum Gasteiger partial charge on any atom is 0.149 e. The summed E-state index contributed by atoms with van der Waals surface area (Å²) < 4.78 is 0. The number of hydrogen-bond donors (Lipinski definition) is 2. The van der Waals surface area contributed by atoms with E-state index in [1.165, 1.54) is 0 Å². The third-order valence-electron chi connectivity index (χ3n) is 2.66. The first-order valence-corrected chi connectivity index (χ1v) is 6.71. The van der Waals surface area contributed by atoms with Crippen molar-refractivity contribution in [3.8, 4) is 0 Å². The van der Waals surface area contributed by atoms with E-state index in [1.807, 2.05) is 11.9 Å². The van der Waals surface area contributed by atoms with Gasteiger partial charge in [-0.1, -0.05) is 23.2 Å². The van der Waals surface area contributed by atoms with E-state index in [4.69, 9.17) is 28.3 Å². The highest BCUT2D eigenvalue weighted by molar-refractivity contribution is 6.37. The number of aliphatic hydroxyl groups is 1. The van der Waals surface area contributed by atoms with Crippen LogP contribution in [0.2, 0.25) is 10.0 Å². The molecule has 0 amide bonds. The summed E-state index contributed by atoms with van der Waals surface area (Å²) in [6.07, 6.45) is 2.81. The highest BCUT2D eigenvalue weighted by atomic mass is 35.5. The van der Waals surface area contributed by atoms with Crippen LogP contribution in [0.3, 0.4) is 0 Å². The minimum Gasteiger partial charge on any atom is -0.396 e. The van der Waals surface area contributed by atoms with E-state index >= 15 is 0 Å². The third kappa shape index (κ3) is 4.19.